The highest BCUT2D eigenvalue weighted by molar-refractivity contribution is 7.92. The van der Waals surface area contributed by atoms with E-state index in [-0.39, 0.29) is 4.90 Å². The van der Waals surface area contributed by atoms with Crippen LogP contribution in [0.5, 0.6) is 0 Å². The van der Waals surface area contributed by atoms with Crippen molar-refractivity contribution >= 4 is 21.5 Å². The van der Waals surface area contributed by atoms with E-state index in [0.717, 1.165) is 12.1 Å². The zero-order chi connectivity index (χ0) is 15.5. The lowest BCUT2D eigenvalue weighted by molar-refractivity contribution is 0.600. The van der Waals surface area contributed by atoms with Crippen molar-refractivity contribution in [3.05, 3.63) is 30.2 Å². The van der Waals surface area contributed by atoms with E-state index in [1.807, 2.05) is 6.92 Å². The van der Waals surface area contributed by atoms with Crippen LogP contribution >= 0.6 is 0 Å². The number of hydrogen-bond donors (Lipinski definition) is 2. The summed E-state index contributed by atoms with van der Waals surface area (Å²) in [6.07, 6.45) is 3.80. The minimum Gasteiger partial charge on any atom is -0.384 e. The Balaban J connectivity index is 2.33. The van der Waals surface area contributed by atoms with Crippen molar-refractivity contribution in [2.75, 3.05) is 16.6 Å². The third kappa shape index (κ3) is 3.52. The first-order valence-electron chi connectivity index (χ1n) is 6.65. The van der Waals surface area contributed by atoms with Crippen LogP contribution in [0.2, 0.25) is 0 Å². The number of aryl methyl sites for hydroxylation is 2. The predicted octanol–water partition coefficient (Wildman–Crippen LogP) is 1.75. The Kier molecular flexibility index (Phi) is 4.46. The van der Waals surface area contributed by atoms with Gasteiger partial charge in [0, 0.05) is 32.1 Å². The fourth-order valence-corrected chi connectivity index (χ4v) is 3.10. The molecule has 0 aliphatic carbocycles. The number of anilines is 2. The average Bonchev–Trinajstić information content (AvgIpc) is 2.74. The van der Waals surface area contributed by atoms with Crippen LogP contribution < -0.4 is 10.0 Å². The number of sulfonamides is 1. The van der Waals surface area contributed by atoms with Gasteiger partial charge in [-0.15, -0.1) is 0 Å². The van der Waals surface area contributed by atoms with Gasteiger partial charge < -0.3 is 5.32 Å². The van der Waals surface area contributed by atoms with Crippen LogP contribution in [0.3, 0.4) is 0 Å². The molecule has 7 nitrogen and oxygen atoms in total. The monoisotopic (exact) mass is 309 g/mol. The molecule has 0 aliphatic rings. The molecule has 2 aromatic rings. The van der Waals surface area contributed by atoms with E-state index < -0.39 is 10.0 Å². The largest absolute Gasteiger partial charge is 0.384 e. The predicted molar refractivity (Wildman–Crippen MR) is 81.8 cm³/mol. The molecule has 0 aliphatic heterocycles. The summed E-state index contributed by atoms with van der Waals surface area (Å²) in [5.41, 5.74) is 1.28. The fraction of sp³-hybridized carbons (Fsp3) is 0.385. The van der Waals surface area contributed by atoms with Crippen LogP contribution in [0.4, 0.5) is 11.5 Å². The molecule has 2 N–H and O–H groups in total. The standard InChI is InChI=1S/C13H19N5O2S/c1-4-6-15-11-5-7-14-9-12(11)21(19,20)17-13-8-10(2)16-18(13)3/h5,7-9,17H,4,6H2,1-3H3,(H,14,15). The van der Waals surface area contributed by atoms with Gasteiger partial charge in [0.05, 0.1) is 11.4 Å². The molecule has 2 aromatic heterocycles. The summed E-state index contributed by atoms with van der Waals surface area (Å²) in [5.74, 6) is 0.415. The molecule has 21 heavy (non-hydrogen) atoms. The van der Waals surface area contributed by atoms with Crippen LogP contribution in [0.15, 0.2) is 29.4 Å². The van der Waals surface area contributed by atoms with E-state index in [1.165, 1.54) is 10.9 Å². The van der Waals surface area contributed by atoms with E-state index in [9.17, 15) is 8.42 Å². The van der Waals surface area contributed by atoms with Crippen molar-refractivity contribution < 1.29 is 8.42 Å². The van der Waals surface area contributed by atoms with Gasteiger partial charge in [-0.1, -0.05) is 6.92 Å². The lowest BCUT2D eigenvalue weighted by Crippen LogP contribution is -2.17. The van der Waals surface area contributed by atoms with Crippen molar-refractivity contribution in [2.45, 2.75) is 25.2 Å². The van der Waals surface area contributed by atoms with Crippen LogP contribution in [0.25, 0.3) is 0 Å². The van der Waals surface area contributed by atoms with Crippen molar-refractivity contribution in [1.29, 1.82) is 0 Å². The van der Waals surface area contributed by atoms with Gasteiger partial charge in [0.2, 0.25) is 0 Å². The van der Waals surface area contributed by atoms with Gasteiger partial charge in [-0.2, -0.15) is 5.10 Å². The Labute approximate surface area is 124 Å². The highest BCUT2D eigenvalue weighted by Gasteiger charge is 2.20. The fourth-order valence-electron chi connectivity index (χ4n) is 1.90. The van der Waals surface area contributed by atoms with E-state index in [4.69, 9.17) is 0 Å². The molecule has 0 saturated heterocycles. The molecule has 0 amide bonds. The van der Waals surface area contributed by atoms with E-state index in [2.05, 4.69) is 20.1 Å². The Morgan fingerprint density at radius 3 is 2.76 bits per heavy atom. The first kappa shape index (κ1) is 15.3. The molecule has 0 spiro atoms. The third-order valence-corrected chi connectivity index (χ3v) is 4.26. The van der Waals surface area contributed by atoms with Gasteiger partial charge in [-0.05, 0) is 19.4 Å². The number of nitrogens with one attached hydrogen (secondary N) is 2. The third-order valence-electron chi connectivity index (χ3n) is 2.88. The van der Waals surface area contributed by atoms with Gasteiger partial charge in [-0.3, -0.25) is 14.4 Å². The van der Waals surface area contributed by atoms with Gasteiger partial charge in [0.15, 0.2) is 0 Å². The molecule has 8 heteroatoms. The Morgan fingerprint density at radius 1 is 1.38 bits per heavy atom. The van der Waals surface area contributed by atoms with E-state index in [1.54, 1.807) is 32.3 Å². The highest BCUT2D eigenvalue weighted by Crippen LogP contribution is 2.22. The summed E-state index contributed by atoms with van der Waals surface area (Å²) in [6, 6.07) is 3.33. The lowest BCUT2D eigenvalue weighted by Gasteiger charge is -2.12. The topological polar surface area (TPSA) is 88.9 Å². The van der Waals surface area contributed by atoms with Gasteiger partial charge >= 0.3 is 0 Å². The van der Waals surface area contributed by atoms with Crippen LogP contribution in [0.1, 0.15) is 19.0 Å². The summed E-state index contributed by atoms with van der Waals surface area (Å²) in [6.45, 7) is 4.51. The zero-order valence-electron chi connectivity index (χ0n) is 12.3. The number of rotatable bonds is 6. The second-order valence-corrected chi connectivity index (χ2v) is 6.35. The minimum atomic E-state index is -3.72. The molecule has 0 atom stereocenters. The quantitative estimate of drug-likeness (QED) is 0.848. The van der Waals surface area contributed by atoms with Gasteiger partial charge in [-0.25, -0.2) is 8.42 Å². The molecule has 0 aromatic carbocycles. The summed E-state index contributed by atoms with van der Waals surface area (Å²) < 4.78 is 29.1. The average molecular weight is 309 g/mol. The molecule has 2 rings (SSSR count). The minimum absolute atomic E-state index is 0.123. The Bertz CT molecular complexity index is 724. The summed E-state index contributed by atoms with van der Waals surface area (Å²) in [4.78, 5) is 4.03. The normalized spacial score (nSPS) is 11.4. The summed E-state index contributed by atoms with van der Waals surface area (Å²) in [7, 11) is -2.03. The number of hydrogen-bond acceptors (Lipinski definition) is 5. The Hall–Kier alpha value is -2.09. The highest BCUT2D eigenvalue weighted by atomic mass is 32.2. The molecule has 0 radical (unpaired) electrons. The zero-order valence-corrected chi connectivity index (χ0v) is 13.1. The van der Waals surface area contributed by atoms with Crippen molar-refractivity contribution in [2.24, 2.45) is 7.05 Å². The summed E-state index contributed by atoms with van der Waals surface area (Å²) in [5, 5.41) is 7.21. The second-order valence-electron chi connectivity index (χ2n) is 4.70. The molecule has 0 saturated carbocycles. The smallest absolute Gasteiger partial charge is 0.266 e. The molecule has 0 bridgehead atoms. The maximum Gasteiger partial charge on any atom is 0.266 e. The van der Waals surface area contributed by atoms with Gasteiger partial charge in [0.25, 0.3) is 10.0 Å². The van der Waals surface area contributed by atoms with E-state index in [0.29, 0.717) is 18.1 Å². The first-order chi connectivity index (χ1) is 9.94. The number of pyridine rings is 1. The van der Waals surface area contributed by atoms with Crippen molar-refractivity contribution in [1.82, 2.24) is 14.8 Å². The Morgan fingerprint density at radius 2 is 2.14 bits per heavy atom. The SMILES string of the molecule is CCCNc1ccncc1S(=O)(=O)Nc1cc(C)nn1C. The molecule has 2 heterocycles. The summed E-state index contributed by atoms with van der Waals surface area (Å²) >= 11 is 0. The maximum absolute atomic E-state index is 12.5. The molecular weight excluding hydrogens is 290 g/mol. The van der Waals surface area contributed by atoms with Crippen LogP contribution in [-0.4, -0.2) is 29.7 Å². The van der Waals surface area contributed by atoms with Gasteiger partial charge in [0.1, 0.15) is 10.7 Å². The second kappa shape index (κ2) is 6.13. The lowest BCUT2D eigenvalue weighted by atomic mass is 10.4. The maximum atomic E-state index is 12.5. The number of aromatic nitrogens is 3. The van der Waals surface area contributed by atoms with E-state index >= 15 is 0 Å². The molecule has 0 unspecified atom stereocenters. The van der Waals surface area contributed by atoms with Crippen LogP contribution in [-0.2, 0) is 17.1 Å². The molecule has 114 valence electrons. The number of nitrogens with zero attached hydrogens (tertiary/aromatic N) is 3. The first-order valence-corrected chi connectivity index (χ1v) is 8.13. The molecular formula is C13H19N5O2S. The van der Waals surface area contributed by atoms with Crippen molar-refractivity contribution in [3.63, 3.8) is 0 Å². The van der Waals surface area contributed by atoms with Crippen LogP contribution in [0, 0.1) is 6.92 Å². The molecule has 0 fully saturated rings. The van der Waals surface area contributed by atoms with Crippen molar-refractivity contribution in [3.8, 4) is 0 Å².